The van der Waals surface area contributed by atoms with Gasteiger partial charge in [-0.05, 0) is 42.2 Å². The summed E-state index contributed by atoms with van der Waals surface area (Å²) in [7, 11) is 0. The van der Waals surface area contributed by atoms with E-state index >= 15 is 0 Å². The molecule has 0 amide bonds. The average Bonchev–Trinajstić information content (AvgIpc) is 2.58. The first-order valence-corrected chi connectivity index (χ1v) is 7.90. The van der Waals surface area contributed by atoms with Gasteiger partial charge >= 0.3 is 12.4 Å². The Balaban J connectivity index is 2.19. The Kier molecular flexibility index (Phi) is 4.75. The third kappa shape index (κ3) is 4.15. The molecule has 0 aliphatic carbocycles. The molecule has 0 aliphatic rings. The molecule has 0 atom stereocenters. The van der Waals surface area contributed by atoms with Crippen LogP contribution in [-0.2, 0) is 25.2 Å². The van der Waals surface area contributed by atoms with Gasteiger partial charge in [0.15, 0.2) is 0 Å². The van der Waals surface area contributed by atoms with Crippen LogP contribution in [0.1, 0.15) is 22.4 Å². The number of aromatic nitrogens is 1. The van der Waals surface area contributed by atoms with Gasteiger partial charge in [0.25, 0.3) is 0 Å². The number of aryl methyl sites for hydroxylation is 2. The van der Waals surface area contributed by atoms with Crippen LogP contribution >= 0.6 is 0 Å². The lowest BCUT2D eigenvalue weighted by atomic mass is 9.97. The molecule has 1 aromatic heterocycles. The molecule has 0 fully saturated rings. The van der Waals surface area contributed by atoms with E-state index in [0.29, 0.717) is 12.5 Å². The van der Waals surface area contributed by atoms with Crippen LogP contribution in [0.25, 0.3) is 10.9 Å². The summed E-state index contributed by atoms with van der Waals surface area (Å²) >= 11 is 0. The summed E-state index contributed by atoms with van der Waals surface area (Å²) in [6, 6.07) is 11.0. The summed E-state index contributed by atoms with van der Waals surface area (Å²) in [5.74, 6) is -0.683. The van der Waals surface area contributed by atoms with Crippen LogP contribution < -0.4 is 0 Å². The van der Waals surface area contributed by atoms with E-state index < -0.39 is 34.9 Å². The first-order valence-electron chi connectivity index (χ1n) is 7.90. The number of fused-ring (bicyclic) bond motifs is 1. The van der Waals surface area contributed by atoms with Crippen molar-refractivity contribution in [3.8, 4) is 5.75 Å². The Labute approximate surface area is 150 Å². The van der Waals surface area contributed by atoms with E-state index in [1.807, 2.05) is 0 Å². The molecular formula is C19H13F6NO. The molecule has 2 nitrogen and oxygen atoms in total. The summed E-state index contributed by atoms with van der Waals surface area (Å²) in [5, 5.41) is 9.52. The molecule has 142 valence electrons. The minimum atomic E-state index is -4.95. The van der Waals surface area contributed by atoms with Crippen LogP contribution in [0, 0.1) is 0 Å². The number of phenols is 1. The number of halogens is 6. The number of pyridine rings is 1. The molecule has 0 saturated heterocycles. The standard InChI is InChI=1S/C19H13F6NO/c20-18(21,22)15-10-13(27)9-14-12(7-6-11-4-2-1-3-5-11)8-16(19(23,24)25)26-17(14)15/h1-5,8-10,27H,6-7H2. The predicted octanol–water partition coefficient (Wildman–Crippen LogP) is 5.76. The highest BCUT2D eigenvalue weighted by atomic mass is 19.4. The molecule has 0 unspecified atom stereocenters. The van der Waals surface area contributed by atoms with Crippen molar-refractivity contribution in [2.75, 3.05) is 0 Å². The maximum absolute atomic E-state index is 13.3. The molecule has 3 aromatic rings. The van der Waals surface area contributed by atoms with Crippen molar-refractivity contribution in [2.45, 2.75) is 25.2 Å². The van der Waals surface area contributed by atoms with Crippen molar-refractivity contribution in [3.05, 3.63) is 70.9 Å². The fourth-order valence-electron chi connectivity index (χ4n) is 2.87. The van der Waals surface area contributed by atoms with Crippen molar-refractivity contribution in [3.63, 3.8) is 0 Å². The van der Waals surface area contributed by atoms with Crippen molar-refractivity contribution in [1.29, 1.82) is 0 Å². The maximum Gasteiger partial charge on any atom is 0.433 e. The Morgan fingerprint density at radius 1 is 0.815 bits per heavy atom. The number of aromatic hydroxyl groups is 1. The Morgan fingerprint density at radius 2 is 1.48 bits per heavy atom. The summed E-state index contributed by atoms with van der Waals surface area (Å²) < 4.78 is 79.3. The molecular weight excluding hydrogens is 372 g/mol. The fraction of sp³-hybridized carbons (Fsp3) is 0.211. The molecule has 0 aliphatic heterocycles. The quantitative estimate of drug-likeness (QED) is 0.581. The number of alkyl halides is 6. The predicted molar refractivity (Wildman–Crippen MR) is 87.3 cm³/mol. The normalized spacial score (nSPS) is 12.5. The highest BCUT2D eigenvalue weighted by Gasteiger charge is 2.37. The fourth-order valence-corrected chi connectivity index (χ4v) is 2.87. The molecule has 8 heteroatoms. The van der Waals surface area contributed by atoms with Gasteiger partial charge in [-0.2, -0.15) is 26.3 Å². The van der Waals surface area contributed by atoms with E-state index in [1.54, 1.807) is 30.3 Å². The second kappa shape index (κ2) is 6.75. The first kappa shape index (κ1) is 19.0. The molecule has 0 saturated carbocycles. The maximum atomic E-state index is 13.3. The summed E-state index contributed by atoms with van der Waals surface area (Å²) in [5.41, 5.74) is -2.75. The third-order valence-electron chi connectivity index (χ3n) is 4.11. The van der Waals surface area contributed by atoms with E-state index in [0.717, 1.165) is 17.7 Å². The lowest BCUT2D eigenvalue weighted by Gasteiger charge is -2.16. The number of hydrogen-bond donors (Lipinski definition) is 1. The van der Waals surface area contributed by atoms with Crippen LogP contribution in [-0.4, -0.2) is 10.1 Å². The van der Waals surface area contributed by atoms with E-state index in [2.05, 4.69) is 4.98 Å². The highest BCUT2D eigenvalue weighted by molar-refractivity contribution is 5.87. The van der Waals surface area contributed by atoms with E-state index in [9.17, 15) is 31.4 Å². The first-order chi connectivity index (χ1) is 12.6. The van der Waals surface area contributed by atoms with Gasteiger partial charge in [0.05, 0.1) is 11.1 Å². The molecule has 1 heterocycles. The molecule has 0 spiro atoms. The number of nitrogens with zero attached hydrogens (tertiary/aromatic N) is 1. The van der Waals surface area contributed by atoms with Gasteiger partial charge in [0.1, 0.15) is 11.4 Å². The Morgan fingerprint density at radius 3 is 2.07 bits per heavy atom. The van der Waals surface area contributed by atoms with Gasteiger partial charge in [0.2, 0.25) is 0 Å². The van der Waals surface area contributed by atoms with Crippen molar-refractivity contribution in [1.82, 2.24) is 4.98 Å². The number of benzene rings is 2. The summed E-state index contributed by atoms with van der Waals surface area (Å²) in [6.45, 7) is 0. The van der Waals surface area contributed by atoms with Gasteiger partial charge < -0.3 is 5.11 Å². The van der Waals surface area contributed by atoms with Crippen LogP contribution in [0.4, 0.5) is 26.3 Å². The molecule has 27 heavy (non-hydrogen) atoms. The zero-order valence-electron chi connectivity index (χ0n) is 13.7. The van der Waals surface area contributed by atoms with Gasteiger partial charge in [-0.15, -0.1) is 0 Å². The van der Waals surface area contributed by atoms with Crippen molar-refractivity contribution >= 4 is 10.9 Å². The Hall–Kier alpha value is -2.77. The van der Waals surface area contributed by atoms with Crippen LogP contribution in [0.15, 0.2) is 48.5 Å². The highest BCUT2D eigenvalue weighted by Crippen LogP contribution is 2.40. The second-order valence-electron chi connectivity index (χ2n) is 6.04. The van der Waals surface area contributed by atoms with Crippen molar-refractivity contribution < 1.29 is 31.4 Å². The van der Waals surface area contributed by atoms with Gasteiger partial charge in [0, 0.05) is 5.39 Å². The average molecular weight is 385 g/mol. The summed E-state index contributed by atoms with van der Waals surface area (Å²) in [6.07, 6.45) is -9.46. The minimum Gasteiger partial charge on any atom is -0.508 e. The molecule has 1 N–H and O–H groups in total. The zero-order valence-corrected chi connectivity index (χ0v) is 13.7. The van der Waals surface area contributed by atoms with E-state index in [-0.39, 0.29) is 17.4 Å². The largest absolute Gasteiger partial charge is 0.508 e. The van der Waals surface area contributed by atoms with Gasteiger partial charge in [-0.3, -0.25) is 0 Å². The summed E-state index contributed by atoms with van der Waals surface area (Å²) in [4.78, 5) is 3.21. The second-order valence-corrected chi connectivity index (χ2v) is 6.04. The smallest absolute Gasteiger partial charge is 0.433 e. The minimum absolute atomic E-state index is 0.0394. The number of rotatable bonds is 3. The SMILES string of the molecule is Oc1cc(C(F)(F)F)c2nc(C(F)(F)F)cc(CCc3ccccc3)c2c1. The van der Waals surface area contributed by atoms with Gasteiger partial charge in [-0.1, -0.05) is 30.3 Å². The van der Waals surface area contributed by atoms with Crippen LogP contribution in [0.5, 0.6) is 5.75 Å². The van der Waals surface area contributed by atoms with Gasteiger partial charge in [-0.25, -0.2) is 4.98 Å². The zero-order chi connectivity index (χ0) is 19.8. The topological polar surface area (TPSA) is 33.1 Å². The molecule has 3 rings (SSSR count). The van der Waals surface area contributed by atoms with Crippen LogP contribution in [0.2, 0.25) is 0 Å². The van der Waals surface area contributed by atoms with E-state index in [1.165, 1.54) is 0 Å². The molecule has 0 bridgehead atoms. The third-order valence-corrected chi connectivity index (χ3v) is 4.11. The monoisotopic (exact) mass is 385 g/mol. The molecule has 2 aromatic carbocycles. The van der Waals surface area contributed by atoms with E-state index in [4.69, 9.17) is 0 Å². The molecule has 0 radical (unpaired) electrons. The number of phenolic OH excluding ortho intramolecular Hbond substituents is 1. The lowest BCUT2D eigenvalue weighted by molar-refractivity contribution is -0.142. The number of hydrogen-bond acceptors (Lipinski definition) is 2. The van der Waals surface area contributed by atoms with Crippen molar-refractivity contribution in [2.24, 2.45) is 0 Å². The lowest BCUT2D eigenvalue weighted by Crippen LogP contribution is -2.13. The Bertz CT molecular complexity index is 964. The van der Waals surface area contributed by atoms with Crippen LogP contribution in [0.3, 0.4) is 0 Å².